The van der Waals surface area contributed by atoms with Gasteiger partial charge in [0.15, 0.2) is 0 Å². The van der Waals surface area contributed by atoms with Crippen molar-refractivity contribution in [2.24, 2.45) is 5.73 Å². The molecule has 34 heavy (non-hydrogen) atoms. The van der Waals surface area contributed by atoms with E-state index in [9.17, 15) is 9.59 Å². The molecule has 1 fully saturated rings. The quantitative estimate of drug-likeness (QED) is 0.325. The molecule has 0 spiro atoms. The van der Waals surface area contributed by atoms with Gasteiger partial charge in [-0.15, -0.1) is 0 Å². The molecule has 0 unspecified atom stereocenters. The summed E-state index contributed by atoms with van der Waals surface area (Å²) in [6.07, 6.45) is 5.49. The monoisotopic (exact) mass is 468 g/mol. The number of nitrogens with two attached hydrogens (primary N) is 1. The Morgan fingerprint density at radius 1 is 0.882 bits per heavy atom. The molecular formula is C26H36N4O4. The largest absolute Gasteiger partial charge is 0.494 e. The maximum absolute atomic E-state index is 12.3. The SMILES string of the molecule is Cc1cc(NC(=O)C(=O)Nc2ccc(OCCCCCN)cc2)ccc1OCCN1CCCC1. The Balaban J connectivity index is 1.42. The highest BCUT2D eigenvalue weighted by Gasteiger charge is 2.15. The zero-order chi connectivity index (χ0) is 24.2. The van der Waals surface area contributed by atoms with Crippen LogP contribution in [0.1, 0.15) is 37.7 Å². The number of anilines is 2. The molecule has 0 aliphatic carbocycles. The zero-order valence-electron chi connectivity index (χ0n) is 20.0. The van der Waals surface area contributed by atoms with Crippen LogP contribution in [0.15, 0.2) is 42.5 Å². The molecule has 8 heteroatoms. The summed E-state index contributed by atoms with van der Waals surface area (Å²) in [6.45, 7) is 7.07. The lowest BCUT2D eigenvalue weighted by Crippen LogP contribution is -2.29. The van der Waals surface area contributed by atoms with Crippen molar-refractivity contribution in [3.63, 3.8) is 0 Å². The molecule has 0 bridgehead atoms. The number of nitrogens with one attached hydrogen (secondary N) is 2. The van der Waals surface area contributed by atoms with E-state index < -0.39 is 11.8 Å². The lowest BCUT2D eigenvalue weighted by Gasteiger charge is -2.16. The van der Waals surface area contributed by atoms with Crippen molar-refractivity contribution in [1.29, 1.82) is 0 Å². The first-order valence-corrected chi connectivity index (χ1v) is 12.1. The van der Waals surface area contributed by atoms with Crippen LogP contribution in [0.2, 0.25) is 0 Å². The van der Waals surface area contributed by atoms with E-state index in [0.717, 1.165) is 50.2 Å². The number of amides is 2. The molecule has 184 valence electrons. The third kappa shape index (κ3) is 8.35. The number of nitrogens with zero attached hydrogens (tertiary/aromatic N) is 1. The van der Waals surface area contributed by atoms with Crippen molar-refractivity contribution in [2.45, 2.75) is 39.0 Å². The van der Waals surface area contributed by atoms with Gasteiger partial charge in [0.1, 0.15) is 18.1 Å². The number of likely N-dealkylation sites (tertiary alicyclic amines) is 1. The van der Waals surface area contributed by atoms with Crippen LogP contribution in [-0.4, -0.2) is 56.1 Å². The van der Waals surface area contributed by atoms with Crippen molar-refractivity contribution in [1.82, 2.24) is 4.90 Å². The Bertz CT molecular complexity index is 927. The van der Waals surface area contributed by atoms with Gasteiger partial charge in [-0.25, -0.2) is 0 Å². The molecule has 0 aromatic heterocycles. The highest BCUT2D eigenvalue weighted by molar-refractivity contribution is 6.43. The Morgan fingerprint density at radius 3 is 2.24 bits per heavy atom. The molecule has 0 atom stereocenters. The molecule has 2 aromatic carbocycles. The number of carbonyl (C=O) groups excluding carboxylic acids is 2. The number of benzene rings is 2. The van der Waals surface area contributed by atoms with E-state index in [1.807, 2.05) is 13.0 Å². The van der Waals surface area contributed by atoms with Crippen LogP contribution in [-0.2, 0) is 9.59 Å². The Labute approximate surface area is 201 Å². The van der Waals surface area contributed by atoms with Crippen LogP contribution in [0, 0.1) is 6.92 Å². The van der Waals surface area contributed by atoms with Gasteiger partial charge in [-0.1, -0.05) is 0 Å². The maximum atomic E-state index is 12.3. The van der Waals surface area contributed by atoms with Crippen LogP contribution in [0.3, 0.4) is 0 Å². The summed E-state index contributed by atoms with van der Waals surface area (Å²) in [4.78, 5) is 27.0. The second-order valence-electron chi connectivity index (χ2n) is 8.51. The van der Waals surface area contributed by atoms with E-state index in [0.29, 0.717) is 36.9 Å². The predicted octanol–water partition coefficient (Wildman–Crippen LogP) is 3.55. The number of rotatable bonds is 12. The molecule has 2 amide bonds. The first-order valence-electron chi connectivity index (χ1n) is 12.1. The van der Waals surface area contributed by atoms with Crippen LogP contribution in [0.4, 0.5) is 11.4 Å². The van der Waals surface area contributed by atoms with Gasteiger partial charge in [-0.05, 0) is 107 Å². The van der Waals surface area contributed by atoms with Crippen molar-refractivity contribution in [3.8, 4) is 11.5 Å². The van der Waals surface area contributed by atoms with Gasteiger partial charge < -0.3 is 25.8 Å². The average molecular weight is 469 g/mol. The number of hydrogen-bond acceptors (Lipinski definition) is 6. The number of hydrogen-bond donors (Lipinski definition) is 3. The fraction of sp³-hybridized carbons (Fsp3) is 0.462. The molecule has 1 aliphatic rings. The van der Waals surface area contributed by atoms with E-state index in [2.05, 4.69) is 15.5 Å². The van der Waals surface area contributed by atoms with Gasteiger partial charge in [-0.2, -0.15) is 0 Å². The van der Waals surface area contributed by atoms with Gasteiger partial charge in [-0.3, -0.25) is 14.5 Å². The van der Waals surface area contributed by atoms with E-state index in [-0.39, 0.29) is 0 Å². The molecular weight excluding hydrogens is 432 g/mol. The minimum Gasteiger partial charge on any atom is -0.494 e. The molecule has 8 nitrogen and oxygen atoms in total. The summed E-state index contributed by atoms with van der Waals surface area (Å²) in [5.74, 6) is 0.0260. The molecule has 1 saturated heterocycles. The minimum atomic E-state index is -0.737. The van der Waals surface area contributed by atoms with E-state index in [1.165, 1.54) is 12.8 Å². The summed E-state index contributed by atoms with van der Waals surface area (Å²) in [5, 5.41) is 5.24. The topological polar surface area (TPSA) is 106 Å². The molecule has 3 rings (SSSR count). The Morgan fingerprint density at radius 2 is 1.56 bits per heavy atom. The normalized spacial score (nSPS) is 13.5. The van der Waals surface area contributed by atoms with Crippen LogP contribution >= 0.6 is 0 Å². The number of unbranched alkanes of at least 4 members (excludes halogenated alkanes) is 2. The molecule has 1 heterocycles. The second kappa shape index (κ2) is 13.6. The van der Waals surface area contributed by atoms with Gasteiger partial charge >= 0.3 is 11.8 Å². The second-order valence-corrected chi connectivity index (χ2v) is 8.51. The van der Waals surface area contributed by atoms with Crippen molar-refractivity contribution < 1.29 is 19.1 Å². The van der Waals surface area contributed by atoms with Gasteiger partial charge in [0.25, 0.3) is 0 Å². The smallest absolute Gasteiger partial charge is 0.314 e. The average Bonchev–Trinajstić information content (AvgIpc) is 3.35. The van der Waals surface area contributed by atoms with Crippen LogP contribution in [0.25, 0.3) is 0 Å². The summed E-state index contributed by atoms with van der Waals surface area (Å²) in [5.41, 5.74) is 7.45. The first-order chi connectivity index (χ1) is 16.5. The summed E-state index contributed by atoms with van der Waals surface area (Å²) in [7, 11) is 0. The molecule has 0 saturated carbocycles. The van der Waals surface area contributed by atoms with Crippen LogP contribution < -0.4 is 25.8 Å². The fourth-order valence-corrected chi connectivity index (χ4v) is 3.80. The summed E-state index contributed by atoms with van der Waals surface area (Å²) in [6, 6.07) is 12.3. The third-order valence-corrected chi connectivity index (χ3v) is 5.73. The fourth-order valence-electron chi connectivity index (χ4n) is 3.80. The van der Waals surface area contributed by atoms with Crippen molar-refractivity contribution in [3.05, 3.63) is 48.0 Å². The minimum absolute atomic E-state index is 0.522. The lowest BCUT2D eigenvalue weighted by molar-refractivity contribution is -0.132. The first kappa shape index (κ1) is 25.5. The highest BCUT2D eigenvalue weighted by atomic mass is 16.5. The highest BCUT2D eigenvalue weighted by Crippen LogP contribution is 2.22. The maximum Gasteiger partial charge on any atom is 0.314 e. The predicted molar refractivity (Wildman–Crippen MR) is 134 cm³/mol. The van der Waals surface area contributed by atoms with Crippen molar-refractivity contribution in [2.75, 3.05) is 50.0 Å². The number of carbonyl (C=O) groups is 2. The molecule has 0 radical (unpaired) electrons. The van der Waals surface area contributed by atoms with E-state index in [1.54, 1.807) is 36.4 Å². The Hall–Kier alpha value is -3.10. The molecule has 4 N–H and O–H groups in total. The summed E-state index contributed by atoms with van der Waals surface area (Å²) >= 11 is 0. The third-order valence-electron chi connectivity index (χ3n) is 5.73. The molecule has 2 aromatic rings. The van der Waals surface area contributed by atoms with Gasteiger partial charge in [0.2, 0.25) is 0 Å². The number of aryl methyl sites for hydroxylation is 1. The van der Waals surface area contributed by atoms with Gasteiger partial charge in [0.05, 0.1) is 6.61 Å². The van der Waals surface area contributed by atoms with E-state index >= 15 is 0 Å². The molecule has 1 aliphatic heterocycles. The van der Waals surface area contributed by atoms with Crippen molar-refractivity contribution >= 4 is 23.2 Å². The van der Waals surface area contributed by atoms with E-state index in [4.69, 9.17) is 15.2 Å². The van der Waals surface area contributed by atoms with Gasteiger partial charge in [0, 0.05) is 17.9 Å². The summed E-state index contributed by atoms with van der Waals surface area (Å²) < 4.78 is 11.6. The Kier molecular flexibility index (Phi) is 10.2. The number of ether oxygens (including phenoxy) is 2. The standard InChI is InChI=1S/C26H36N4O4/c1-20-19-22(9-12-24(20)34-18-16-30-14-4-5-15-30)29-26(32)25(31)28-21-7-10-23(11-8-21)33-17-6-2-3-13-27/h7-12,19H,2-6,13-18,27H2,1H3,(H,28,31)(H,29,32). The van der Waals surface area contributed by atoms with Crippen LogP contribution in [0.5, 0.6) is 11.5 Å². The zero-order valence-corrected chi connectivity index (χ0v) is 20.0. The lowest BCUT2D eigenvalue weighted by atomic mass is 10.2.